The minimum atomic E-state index is -0.110. The zero-order valence-electron chi connectivity index (χ0n) is 18.3. The number of rotatable bonds is 8. The van der Waals surface area contributed by atoms with E-state index in [1.165, 1.54) is 0 Å². The fourth-order valence-corrected chi connectivity index (χ4v) is 3.72. The van der Waals surface area contributed by atoms with Crippen molar-refractivity contribution in [2.75, 3.05) is 32.7 Å². The van der Waals surface area contributed by atoms with Gasteiger partial charge in [-0.1, -0.05) is 50.2 Å². The Morgan fingerprint density at radius 1 is 0.900 bits per heavy atom. The molecule has 0 saturated carbocycles. The number of carbonyl (C=O) groups excluding carboxylic acids is 1. The Bertz CT molecular complexity index is 1070. The van der Waals surface area contributed by atoms with Crippen LogP contribution in [0, 0.1) is 6.92 Å². The summed E-state index contributed by atoms with van der Waals surface area (Å²) in [6.45, 7) is 11.9. The summed E-state index contributed by atoms with van der Waals surface area (Å²) in [6, 6.07) is 14.8. The number of para-hydroxylation sites is 1. The van der Waals surface area contributed by atoms with Crippen LogP contribution < -0.4 is 5.43 Å². The van der Waals surface area contributed by atoms with Crippen LogP contribution in [0.4, 0.5) is 0 Å². The van der Waals surface area contributed by atoms with E-state index in [1.807, 2.05) is 42.2 Å². The largest absolute Gasteiger partial charge is 0.455 e. The number of amides is 1. The monoisotopic (exact) mass is 406 g/mol. The van der Waals surface area contributed by atoms with Crippen molar-refractivity contribution < 1.29 is 9.21 Å². The molecule has 2 aromatic carbocycles. The van der Waals surface area contributed by atoms with Crippen LogP contribution in [0.3, 0.4) is 0 Å². The van der Waals surface area contributed by atoms with Crippen LogP contribution in [-0.2, 0) is 0 Å². The van der Waals surface area contributed by atoms with Gasteiger partial charge in [-0.3, -0.25) is 9.59 Å². The van der Waals surface area contributed by atoms with Gasteiger partial charge in [0.25, 0.3) is 5.91 Å². The third kappa shape index (κ3) is 4.31. The second-order valence-electron chi connectivity index (χ2n) is 7.35. The van der Waals surface area contributed by atoms with Gasteiger partial charge in [0.1, 0.15) is 5.76 Å². The number of benzene rings is 2. The highest BCUT2D eigenvalue weighted by atomic mass is 16.3. The maximum absolute atomic E-state index is 13.4. The lowest BCUT2D eigenvalue weighted by molar-refractivity contribution is 0.0747. The molecule has 0 aliphatic rings. The molecular weight excluding hydrogens is 376 g/mol. The maximum Gasteiger partial charge on any atom is 0.257 e. The SMILES string of the molecule is CCN(CC)CCN(CC)C(=O)c1cccc2c(=O)c(C)c(-c3ccccc3)oc12. The summed E-state index contributed by atoms with van der Waals surface area (Å²) in [5.41, 5.74) is 2.06. The van der Waals surface area contributed by atoms with E-state index in [0.717, 1.165) is 25.2 Å². The highest BCUT2D eigenvalue weighted by Gasteiger charge is 2.21. The van der Waals surface area contributed by atoms with Gasteiger partial charge in [-0.05, 0) is 39.1 Å². The summed E-state index contributed by atoms with van der Waals surface area (Å²) < 4.78 is 6.22. The van der Waals surface area contributed by atoms with Crippen molar-refractivity contribution in [3.05, 3.63) is 69.9 Å². The van der Waals surface area contributed by atoms with Crippen molar-refractivity contribution in [3.63, 3.8) is 0 Å². The lowest BCUT2D eigenvalue weighted by atomic mass is 10.0. The smallest absolute Gasteiger partial charge is 0.257 e. The van der Waals surface area contributed by atoms with Gasteiger partial charge in [0.05, 0.1) is 10.9 Å². The molecule has 0 unspecified atom stereocenters. The van der Waals surface area contributed by atoms with Crippen molar-refractivity contribution in [1.29, 1.82) is 0 Å². The molecule has 30 heavy (non-hydrogen) atoms. The molecule has 1 heterocycles. The first kappa shape index (κ1) is 21.8. The van der Waals surface area contributed by atoms with E-state index in [2.05, 4.69) is 18.7 Å². The van der Waals surface area contributed by atoms with Crippen LogP contribution in [-0.4, -0.2) is 48.4 Å². The molecule has 5 nitrogen and oxygen atoms in total. The van der Waals surface area contributed by atoms with Gasteiger partial charge < -0.3 is 14.2 Å². The topological polar surface area (TPSA) is 53.8 Å². The van der Waals surface area contributed by atoms with Gasteiger partial charge in [-0.15, -0.1) is 0 Å². The van der Waals surface area contributed by atoms with Gasteiger partial charge in [-0.25, -0.2) is 0 Å². The fraction of sp³-hybridized carbons (Fsp3) is 0.360. The Labute approximate surface area is 177 Å². The van der Waals surface area contributed by atoms with Crippen LogP contribution in [0.25, 0.3) is 22.3 Å². The first-order valence-electron chi connectivity index (χ1n) is 10.6. The Kier molecular flexibility index (Phi) is 7.06. The highest BCUT2D eigenvalue weighted by molar-refractivity contribution is 6.05. The second-order valence-corrected chi connectivity index (χ2v) is 7.35. The molecule has 0 bridgehead atoms. The summed E-state index contributed by atoms with van der Waals surface area (Å²) in [5, 5.41) is 0.442. The maximum atomic E-state index is 13.4. The zero-order valence-corrected chi connectivity index (χ0v) is 18.3. The molecule has 0 N–H and O–H groups in total. The van der Waals surface area contributed by atoms with Crippen molar-refractivity contribution in [1.82, 2.24) is 9.80 Å². The molecule has 0 fully saturated rings. The number of hydrogen-bond acceptors (Lipinski definition) is 4. The fourth-order valence-electron chi connectivity index (χ4n) is 3.72. The summed E-state index contributed by atoms with van der Waals surface area (Å²) in [7, 11) is 0. The minimum Gasteiger partial charge on any atom is -0.455 e. The summed E-state index contributed by atoms with van der Waals surface area (Å²) in [4.78, 5) is 30.5. The third-order valence-corrected chi connectivity index (χ3v) is 5.66. The highest BCUT2D eigenvalue weighted by Crippen LogP contribution is 2.27. The first-order valence-corrected chi connectivity index (χ1v) is 10.6. The van der Waals surface area contributed by atoms with E-state index < -0.39 is 0 Å². The Morgan fingerprint density at radius 2 is 1.60 bits per heavy atom. The summed E-state index contributed by atoms with van der Waals surface area (Å²) >= 11 is 0. The summed E-state index contributed by atoms with van der Waals surface area (Å²) in [6.07, 6.45) is 0. The Hall–Kier alpha value is -2.92. The Balaban J connectivity index is 2.06. The molecule has 3 rings (SSSR count). The molecule has 1 aromatic heterocycles. The standard InChI is InChI=1S/C25H30N2O3/c1-5-26(6-2)16-17-27(7-3)25(29)21-15-11-14-20-22(28)18(4)23(30-24(20)21)19-12-9-8-10-13-19/h8-15H,5-7,16-17H2,1-4H3. The minimum absolute atomic E-state index is 0.101. The second kappa shape index (κ2) is 9.72. The molecule has 3 aromatic rings. The lowest BCUT2D eigenvalue weighted by Crippen LogP contribution is -2.38. The van der Waals surface area contributed by atoms with Gasteiger partial charge in [0.2, 0.25) is 0 Å². The van der Waals surface area contributed by atoms with Crippen molar-refractivity contribution in [2.45, 2.75) is 27.7 Å². The molecule has 0 aliphatic heterocycles. The first-order chi connectivity index (χ1) is 14.5. The number of likely N-dealkylation sites (N-methyl/N-ethyl adjacent to an activating group) is 2. The average molecular weight is 407 g/mol. The molecule has 1 amide bonds. The van der Waals surface area contributed by atoms with Crippen LogP contribution in [0.15, 0.2) is 57.7 Å². The molecule has 5 heteroatoms. The number of fused-ring (bicyclic) bond motifs is 1. The third-order valence-electron chi connectivity index (χ3n) is 5.66. The van der Waals surface area contributed by atoms with E-state index in [9.17, 15) is 9.59 Å². The Morgan fingerprint density at radius 3 is 2.23 bits per heavy atom. The predicted octanol–water partition coefficient (Wildman–Crippen LogP) is 4.57. The molecule has 0 spiro atoms. The number of hydrogen-bond donors (Lipinski definition) is 0. The number of carbonyl (C=O) groups is 1. The van der Waals surface area contributed by atoms with Gasteiger partial charge in [0.15, 0.2) is 11.0 Å². The summed E-state index contributed by atoms with van der Waals surface area (Å²) in [5.74, 6) is 0.404. The van der Waals surface area contributed by atoms with E-state index >= 15 is 0 Å². The van der Waals surface area contributed by atoms with E-state index in [4.69, 9.17) is 4.42 Å². The van der Waals surface area contributed by atoms with Crippen molar-refractivity contribution in [2.24, 2.45) is 0 Å². The van der Waals surface area contributed by atoms with Crippen LogP contribution in [0.5, 0.6) is 0 Å². The van der Waals surface area contributed by atoms with Crippen molar-refractivity contribution in [3.8, 4) is 11.3 Å². The van der Waals surface area contributed by atoms with Crippen molar-refractivity contribution >= 4 is 16.9 Å². The van der Waals surface area contributed by atoms with Gasteiger partial charge >= 0.3 is 0 Å². The molecule has 0 saturated heterocycles. The lowest BCUT2D eigenvalue weighted by Gasteiger charge is -2.25. The zero-order chi connectivity index (χ0) is 21.7. The molecule has 0 radical (unpaired) electrons. The van der Waals surface area contributed by atoms with Gasteiger partial charge in [-0.2, -0.15) is 0 Å². The van der Waals surface area contributed by atoms with Crippen LogP contribution in [0.1, 0.15) is 36.7 Å². The van der Waals surface area contributed by atoms with Crippen LogP contribution in [0.2, 0.25) is 0 Å². The quantitative estimate of drug-likeness (QED) is 0.550. The molecule has 158 valence electrons. The van der Waals surface area contributed by atoms with Crippen LogP contribution >= 0.6 is 0 Å². The predicted molar refractivity (Wildman–Crippen MR) is 122 cm³/mol. The van der Waals surface area contributed by atoms with E-state index in [-0.39, 0.29) is 11.3 Å². The van der Waals surface area contributed by atoms with Gasteiger partial charge in [0, 0.05) is 30.8 Å². The number of nitrogens with zero attached hydrogens (tertiary/aromatic N) is 2. The van der Waals surface area contributed by atoms with E-state index in [1.54, 1.807) is 25.1 Å². The molecule has 0 aliphatic carbocycles. The molecule has 0 atom stereocenters. The average Bonchev–Trinajstić information content (AvgIpc) is 2.79. The normalized spacial score (nSPS) is 11.2. The van der Waals surface area contributed by atoms with E-state index in [0.29, 0.717) is 40.9 Å². The molecular formula is C25H30N2O3.